The van der Waals surface area contributed by atoms with Gasteiger partial charge in [0.2, 0.25) is 0 Å². The van der Waals surface area contributed by atoms with Gasteiger partial charge < -0.3 is 14.8 Å². The van der Waals surface area contributed by atoms with Crippen molar-refractivity contribution in [2.24, 2.45) is 0 Å². The Morgan fingerprint density at radius 1 is 1.30 bits per heavy atom. The summed E-state index contributed by atoms with van der Waals surface area (Å²) in [6, 6.07) is 5.15. The third-order valence-corrected chi connectivity index (χ3v) is 5.96. The number of H-pyrrole nitrogens is 1. The molecule has 0 saturated carbocycles. The molecule has 1 N–H and O–H groups in total. The lowest BCUT2D eigenvalue weighted by Crippen LogP contribution is -2.48. The fourth-order valence-electron chi connectivity index (χ4n) is 3.33. The normalized spacial score (nSPS) is 14.7. The van der Waals surface area contributed by atoms with Crippen molar-refractivity contribution in [3.8, 4) is 0 Å². The van der Waals surface area contributed by atoms with Crippen LogP contribution >= 0.6 is 23.6 Å². The number of piperazine rings is 1. The van der Waals surface area contributed by atoms with Gasteiger partial charge in [0.15, 0.2) is 9.90 Å². The SMILES string of the molecule is CCn1c(=S)[nH]c2cc(C(=O)N3CCN(c4nccs4)CC3)ccc2c1=O. The first-order valence-corrected chi connectivity index (χ1v) is 10.1. The van der Waals surface area contributed by atoms with Gasteiger partial charge in [-0.05, 0) is 37.3 Å². The van der Waals surface area contributed by atoms with Crippen LogP contribution in [0.25, 0.3) is 10.9 Å². The minimum absolute atomic E-state index is 0.0327. The molecule has 4 rings (SSSR count). The van der Waals surface area contributed by atoms with Crippen LogP contribution in [0.2, 0.25) is 0 Å². The maximum Gasteiger partial charge on any atom is 0.262 e. The van der Waals surface area contributed by atoms with Gasteiger partial charge in [-0.3, -0.25) is 14.2 Å². The van der Waals surface area contributed by atoms with Crippen LogP contribution in [0.5, 0.6) is 0 Å². The van der Waals surface area contributed by atoms with Gasteiger partial charge in [-0.1, -0.05) is 0 Å². The highest BCUT2D eigenvalue weighted by Crippen LogP contribution is 2.20. The van der Waals surface area contributed by atoms with Crippen LogP contribution in [0.4, 0.5) is 5.13 Å². The molecule has 1 aliphatic heterocycles. The first-order chi connectivity index (χ1) is 13.1. The lowest BCUT2D eigenvalue weighted by atomic mass is 10.1. The number of fused-ring (bicyclic) bond motifs is 1. The molecule has 7 nitrogen and oxygen atoms in total. The molecule has 0 spiro atoms. The third-order valence-electron chi connectivity index (χ3n) is 4.80. The number of nitrogens with one attached hydrogen (secondary N) is 1. The molecule has 2 aromatic heterocycles. The highest BCUT2D eigenvalue weighted by atomic mass is 32.1. The van der Waals surface area contributed by atoms with Crippen LogP contribution < -0.4 is 10.5 Å². The molecular weight excluding hydrogens is 382 g/mol. The summed E-state index contributed by atoms with van der Waals surface area (Å²) in [5.41, 5.74) is 1.03. The Morgan fingerprint density at radius 3 is 2.74 bits per heavy atom. The Kier molecular flexibility index (Phi) is 4.79. The van der Waals surface area contributed by atoms with E-state index in [0.717, 1.165) is 18.2 Å². The van der Waals surface area contributed by atoms with Crippen LogP contribution in [0.1, 0.15) is 17.3 Å². The van der Waals surface area contributed by atoms with Crippen molar-refractivity contribution in [2.75, 3.05) is 31.1 Å². The van der Waals surface area contributed by atoms with Gasteiger partial charge in [-0.2, -0.15) is 0 Å². The smallest absolute Gasteiger partial charge is 0.262 e. The first kappa shape index (κ1) is 17.9. The van der Waals surface area contributed by atoms with Crippen molar-refractivity contribution in [3.63, 3.8) is 0 Å². The fraction of sp³-hybridized carbons (Fsp3) is 0.333. The summed E-state index contributed by atoms with van der Waals surface area (Å²) in [4.78, 5) is 36.8. The number of carbonyl (C=O) groups excluding carboxylic acids is 1. The zero-order valence-electron chi connectivity index (χ0n) is 14.8. The van der Waals surface area contributed by atoms with E-state index in [1.165, 1.54) is 4.57 Å². The monoisotopic (exact) mass is 401 g/mol. The molecule has 3 heterocycles. The molecule has 0 unspecified atom stereocenters. The molecule has 1 fully saturated rings. The summed E-state index contributed by atoms with van der Waals surface area (Å²) in [5, 5.41) is 3.49. The number of carbonyl (C=O) groups is 1. The maximum atomic E-state index is 12.9. The highest BCUT2D eigenvalue weighted by Gasteiger charge is 2.23. The van der Waals surface area contributed by atoms with E-state index in [4.69, 9.17) is 12.2 Å². The van der Waals surface area contributed by atoms with E-state index in [9.17, 15) is 9.59 Å². The second-order valence-corrected chi connectivity index (χ2v) is 7.59. The van der Waals surface area contributed by atoms with Crippen molar-refractivity contribution >= 4 is 45.5 Å². The molecule has 0 radical (unpaired) electrons. The summed E-state index contributed by atoms with van der Waals surface area (Å²) in [6.07, 6.45) is 1.79. The van der Waals surface area contributed by atoms with Gasteiger partial charge in [0.1, 0.15) is 0 Å². The summed E-state index contributed by atoms with van der Waals surface area (Å²) >= 11 is 6.86. The quantitative estimate of drug-likeness (QED) is 0.683. The second kappa shape index (κ2) is 7.24. The molecule has 0 aliphatic carbocycles. The Morgan fingerprint density at radius 2 is 2.07 bits per heavy atom. The molecule has 1 aliphatic rings. The van der Waals surface area contributed by atoms with Crippen molar-refractivity contribution in [1.82, 2.24) is 19.4 Å². The minimum Gasteiger partial charge on any atom is -0.345 e. The van der Waals surface area contributed by atoms with E-state index in [0.29, 0.717) is 40.9 Å². The standard InChI is InChI=1S/C18H19N5O2S2/c1-2-23-16(25)13-4-3-12(11-14(13)20-17(23)26)15(24)21-6-8-22(9-7-21)18-19-5-10-27-18/h3-5,10-11H,2,6-9H2,1H3,(H,20,26). The van der Waals surface area contributed by atoms with Crippen LogP contribution in [0.3, 0.4) is 0 Å². The minimum atomic E-state index is -0.132. The maximum absolute atomic E-state index is 12.9. The second-order valence-electron chi connectivity index (χ2n) is 6.33. The van der Waals surface area contributed by atoms with Gasteiger partial charge in [0.25, 0.3) is 11.5 Å². The number of aromatic nitrogens is 3. The van der Waals surface area contributed by atoms with Gasteiger partial charge >= 0.3 is 0 Å². The molecule has 140 valence electrons. The van der Waals surface area contributed by atoms with Gasteiger partial charge in [0.05, 0.1) is 10.9 Å². The molecular formula is C18H19N5O2S2. The van der Waals surface area contributed by atoms with E-state index in [1.807, 2.05) is 17.2 Å². The zero-order valence-corrected chi connectivity index (χ0v) is 16.5. The predicted molar refractivity (Wildman–Crippen MR) is 109 cm³/mol. The fourth-order valence-corrected chi connectivity index (χ4v) is 4.35. The van der Waals surface area contributed by atoms with Crippen molar-refractivity contribution in [2.45, 2.75) is 13.5 Å². The number of hydrogen-bond donors (Lipinski definition) is 1. The topological polar surface area (TPSA) is 74.2 Å². The Hall–Kier alpha value is -2.52. The molecule has 1 aromatic carbocycles. The summed E-state index contributed by atoms with van der Waals surface area (Å²) in [7, 11) is 0. The zero-order chi connectivity index (χ0) is 19.0. The molecule has 27 heavy (non-hydrogen) atoms. The third kappa shape index (κ3) is 3.28. The van der Waals surface area contributed by atoms with Crippen molar-refractivity contribution in [3.05, 3.63) is 50.5 Å². The predicted octanol–water partition coefficient (Wildman–Crippen LogP) is 2.50. The Bertz CT molecular complexity index is 1100. The van der Waals surface area contributed by atoms with Gasteiger partial charge in [0, 0.05) is 49.9 Å². The number of aromatic amines is 1. The van der Waals surface area contributed by atoms with E-state index < -0.39 is 0 Å². The largest absolute Gasteiger partial charge is 0.345 e. The number of anilines is 1. The average Bonchev–Trinajstić information content (AvgIpc) is 3.22. The number of rotatable bonds is 3. The van der Waals surface area contributed by atoms with Crippen LogP contribution in [-0.2, 0) is 6.54 Å². The van der Waals surface area contributed by atoms with E-state index in [1.54, 1.807) is 35.7 Å². The number of amides is 1. The molecule has 1 amide bonds. The molecule has 0 bridgehead atoms. The van der Waals surface area contributed by atoms with Gasteiger partial charge in [-0.25, -0.2) is 4.98 Å². The van der Waals surface area contributed by atoms with E-state index in [-0.39, 0.29) is 11.5 Å². The van der Waals surface area contributed by atoms with E-state index in [2.05, 4.69) is 14.9 Å². The van der Waals surface area contributed by atoms with Crippen LogP contribution in [0, 0.1) is 4.77 Å². The molecule has 3 aromatic rings. The lowest BCUT2D eigenvalue weighted by Gasteiger charge is -2.34. The number of benzene rings is 1. The Balaban J connectivity index is 1.57. The van der Waals surface area contributed by atoms with Crippen molar-refractivity contribution in [1.29, 1.82) is 0 Å². The first-order valence-electron chi connectivity index (χ1n) is 8.79. The van der Waals surface area contributed by atoms with Crippen molar-refractivity contribution < 1.29 is 4.79 Å². The number of hydrogen-bond acceptors (Lipinski definition) is 6. The van der Waals surface area contributed by atoms with Crippen LogP contribution in [-0.4, -0.2) is 51.5 Å². The molecule has 1 saturated heterocycles. The summed E-state index contributed by atoms with van der Waals surface area (Å²) in [5.74, 6) is -0.0327. The summed E-state index contributed by atoms with van der Waals surface area (Å²) in [6.45, 7) is 5.19. The summed E-state index contributed by atoms with van der Waals surface area (Å²) < 4.78 is 1.88. The highest BCUT2D eigenvalue weighted by molar-refractivity contribution is 7.71. The Labute approximate surface area is 164 Å². The van der Waals surface area contributed by atoms with E-state index >= 15 is 0 Å². The molecule has 9 heteroatoms. The van der Waals surface area contributed by atoms with Gasteiger partial charge in [-0.15, -0.1) is 11.3 Å². The average molecular weight is 402 g/mol. The molecule has 0 atom stereocenters. The lowest BCUT2D eigenvalue weighted by molar-refractivity contribution is 0.0747. The van der Waals surface area contributed by atoms with Crippen LogP contribution in [0.15, 0.2) is 34.6 Å². The number of nitrogens with zero attached hydrogens (tertiary/aromatic N) is 4. The number of thiazole rings is 1.